The molecule has 0 saturated heterocycles. The van der Waals surface area contributed by atoms with Gasteiger partial charge < -0.3 is 4.90 Å². The van der Waals surface area contributed by atoms with Gasteiger partial charge in [-0.05, 0) is 37.8 Å². The van der Waals surface area contributed by atoms with E-state index in [1.54, 1.807) is 6.07 Å². The summed E-state index contributed by atoms with van der Waals surface area (Å²) in [6.07, 6.45) is 5.08. The molecule has 1 aromatic rings. The molecule has 0 heterocycles. The zero-order valence-corrected chi connectivity index (χ0v) is 11.1. The van der Waals surface area contributed by atoms with Crippen molar-refractivity contribution in [1.29, 1.82) is 0 Å². The fraction of sp³-hybridized carbons (Fsp3) is 0.533. The Morgan fingerprint density at radius 1 is 1.39 bits per heavy atom. The molecular weight excluding hydrogens is 229 g/mol. The minimum Gasteiger partial charge on any atom is -0.374 e. The third-order valence-corrected chi connectivity index (χ3v) is 3.76. The van der Waals surface area contributed by atoms with E-state index in [1.807, 2.05) is 18.0 Å². The Labute approximate surface area is 108 Å². The van der Waals surface area contributed by atoms with E-state index in [0.717, 1.165) is 12.2 Å². The fourth-order valence-electron chi connectivity index (χ4n) is 2.86. The van der Waals surface area contributed by atoms with Gasteiger partial charge in [-0.1, -0.05) is 18.9 Å². The van der Waals surface area contributed by atoms with E-state index in [2.05, 4.69) is 0 Å². The van der Waals surface area contributed by atoms with Crippen LogP contribution in [0.1, 0.15) is 43.0 Å². The van der Waals surface area contributed by atoms with Crippen molar-refractivity contribution in [3.63, 3.8) is 0 Å². The Balaban J connectivity index is 2.20. The number of ketones is 1. The van der Waals surface area contributed by atoms with Crippen molar-refractivity contribution >= 4 is 11.5 Å². The largest absolute Gasteiger partial charge is 0.374 e. The van der Waals surface area contributed by atoms with Gasteiger partial charge in [-0.2, -0.15) is 0 Å². The van der Waals surface area contributed by atoms with E-state index in [1.165, 1.54) is 38.7 Å². The number of anilines is 1. The van der Waals surface area contributed by atoms with Crippen molar-refractivity contribution in [2.45, 2.75) is 32.6 Å². The van der Waals surface area contributed by atoms with Gasteiger partial charge in [0, 0.05) is 13.6 Å². The number of rotatable bonds is 4. The summed E-state index contributed by atoms with van der Waals surface area (Å²) in [5, 5.41) is 0. The lowest BCUT2D eigenvalue weighted by atomic mass is 10.0. The molecule has 2 rings (SSSR count). The first-order valence-corrected chi connectivity index (χ1v) is 6.60. The molecule has 1 saturated carbocycles. The summed E-state index contributed by atoms with van der Waals surface area (Å²) in [5.41, 5.74) is 0.937. The first-order valence-electron chi connectivity index (χ1n) is 6.60. The molecule has 0 aromatic heterocycles. The number of nitrogens with zero attached hydrogens (tertiary/aromatic N) is 1. The van der Waals surface area contributed by atoms with Crippen molar-refractivity contribution in [2.24, 2.45) is 5.92 Å². The van der Waals surface area contributed by atoms with Crippen LogP contribution in [0.15, 0.2) is 18.2 Å². The monoisotopic (exact) mass is 249 g/mol. The van der Waals surface area contributed by atoms with Crippen molar-refractivity contribution in [1.82, 2.24) is 0 Å². The zero-order valence-electron chi connectivity index (χ0n) is 11.1. The third kappa shape index (κ3) is 2.71. The molecule has 1 aromatic carbocycles. The molecule has 3 heteroatoms. The molecule has 0 bridgehead atoms. The molecule has 0 unspecified atom stereocenters. The summed E-state index contributed by atoms with van der Waals surface area (Å²) in [6, 6.07) is 4.85. The van der Waals surface area contributed by atoms with Crippen LogP contribution in [0.5, 0.6) is 0 Å². The Bertz CT molecular complexity index is 438. The van der Waals surface area contributed by atoms with Crippen LogP contribution in [-0.4, -0.2) is 19.4 Å². The molecule has 0 amide bonds. The van der Waals surface area contributed by atoms with Gasteiger partial charge in [-0.15, -0.1) is 0 Å². The van der Waals surface area contributed by atoms with Crippen LogP contribution in [0.3, 0.4) is 0 Å². The van der Waals surface area contributed by atoms with E-state index in [9.17, 15) is 9.18 Å². The number of carbonyl (C=O) groups excluding carboxylic acids is 1. The fourth-order valence-corrected chi connectivity index (χ4v) is 2.86. The summed E-state index contributed by atoms with van der Waals surface area (Å²) in [6.45, 7) is 2.33. The maximum atomic E-state index is 13.7. The van der Waals surface area contributed by atoms with Crippen LogP contribution in [0, 0.1) is 11.7 Å². The van der Waals surface area contributed by atoms with Gasteiger partial charge >= 0.3 is 0 Å². The van der Waals surface area contributed by atoms with E-state index in [-0.39, 0.29) is 11.3 Å². The standard InChI is InChI=1S/C15H20FNO/c1-11(18)15-13(16)8-5-9-14(15)17(2)10-12-6-3-4-7-12/h5,8-9,12H,3-4,6-7,10H2,1-2H3. The van der Waals surface area contributed by atoms with Crippen molar-refractivity contribution < 1.29 is 9.18 Å². The summed E-state index contributed by atoms with van der Waals surface area (Å²) < 4.78 is 13.7. The molecule has 0 atom stereocenters. The lowest BCUT2D eigenvalue weighted by Crippen LogP contribution is -2.26. The van der Waals surface area contributed by atoms with E-state index in [4.69, 9.17) is 0 Å². The van der Waals surface area contributed by atoms with Crippen LogP contribution >= 0.6 is 0 Å². The maximum absolute atomic E-state index is 13.7. The van der Waals surface area contributed by atoms with Gasteiger partial charge in [0.25, 0.3) is 0 Å². The Hall–Kier alpha value is -1.38. The molecule has 18 heavy (non-hydrogen) atoms. The van der Waals surface area contributed by atoms with Crippen LogP contribution in [0.4, 0.5) is 10.1 Å². The smallest absolute Gasteiger partial charge is 0.164 e. The molecule has 1 aliphatic rings. The van der Waals surface area contributed by atoms with Gasteiger partial charge in [-0.3, -0.25) is 4.79 Å². The van der Waals surface area contributed by atoms with Gasteiger partial charge in [0.2, 0.25) is 0 Å². The molecule has 0 N–H and O–H groups in total. The topological polar surface area (TPSA) is 20.3 Å². The lowest BCUT2D eigenvalue weighted by Gasteiger charge is -2.25. The Morgan fingerprint density at radius 3 is 2.67 bits per heavy atom. The molecule has 1 aliphatic carbocycles. The summed E-state index contributed by atoms with van der Waals surface area (Å²) >= 11 is 0. The van der Waals surface area contributed by atoms with Gasteiger partial charge in [-0.25, -0.2) is 4.39 Å². The molecule has 2 nitrogen and oxygen atoms in total. The number of benzene rings is 1. The number of hydrogen-bond acceptors (Lipinski definition) is 2. The van der Waals surface area contributed by atoms with E-state index in [0.29, 0.717) is 5.92 Å². The van der Waals surface area contributed by atoms with Crippen LogP contribution in [0.2, 0.25) is 0 Å². The van der Waals surface area contributed by atoms with Crippen LogP contribution < -0.4 is 4.90 Å². The molecule has 1 fully saturated rings. The van der Waals surface area contributed by atoms with E-state index < -0.39 is 5.82 Å². The summed E-state index contributed by atoms with van der Waals surface area (Å²) in [5.74, 6) is 0.0534. The molecule has 0 aliphatic heterocycles. The van der Waals surface area contributed by atoms with Gasteiger partial charge in [0.1, 0.15) is 5.82 Å². The average molecular weight is 249 g/mol. The molecule has 0 spiro atoms. The SMILES string of the molecule is CC(=O)c1c(F)cccc1N(C)CC1CCCC1. The molecule has 0 radical (unpaired) electrons. The van der Waals surface area contributed by atoms with Crippen molar-refractivity contribution in [3.05, 3.63) is 29.6 Å². The third-order valence-electron chi connectivity index (χ3n) is 3.76. The lowest BCUT2D eigenvalue weighted by molar-refractivity contribution is 0.101. The first kappa shape index (κ1) is 13.1. The predicted molar refractivity (Wildman–Crippen MR) is 71.6 cm³/mol. The van der Waals surface area contributed by atoms with Crippen molar-refractivity contribution in [3.8, 4) is 0 Å². The second kappa shape index (κ2) is 5.51. The second-order valence-corrected chi connectivity index (χ2v) is 5.22. The quantitative estimate of drug-likeness (QED) is 0.759. The minimum atomic E-state index is -0.418. The number of Topliss-reactive ketones (excluding diaryl/α,β-unsaturated/α-hetero) is 1. The van der Waals surface area contributed by atoms with Gasteiger partial charge in [0.05, 0.1) is 11.3 Å². The van der Waals surface area contributed by atoms with Crippen LogP contribution in [-0.2, 0) is 0 Å². The maximum Gasteiger partial charge on any atom is 0.164 e. The molecular formula is C15H20FNO. The highest BCUT2D eigenvalue weighted by atomic mass is 19.1. The predicted octanol–water partition coefficient (Wildman–Crippen LogP) is 3.65. The van der Waals surface area contributed by atoms with Gasteiger partial charge in [0.15, 0.2) is 5.78 Å². The summed E-state index contributed by atoms with van der Waals surface area (Å²) in [4.78, 5) is 13.6. The zero-order chi connectivity index (χ0) is 13.1. The highest BCUT2D eigenvalue weighted by Gasteiger charge is 2.20. The average Bonchev–Trinajstić information content (AvgIpc) is 2.80. The number of hydrogen-bond donors (Lipinski definition) is 0. The van der Waals surface area contributed by atoms with Crippen LogP contribution in [0.25, 0.3) is 0 Å². The molecule has 98 valence electrons. The normalized spacial score (nSPS) is 15.9. The highest BCUT2D eigenvalue weighted by Crippen LogP contribution is 2.29. The van der Waals surface area contributed by atoms with E-state index >= 15 is 0 Å². The van der Waals surface area contributed by atoms with Crippen molar-refractivity contribution in [2.75, 3.05) is 18.5 Å². The number of carbonyl (C=O) groups is 1. The Kier molecular flexibility index (Phi) is 4.00. The highest BCUT2D eigenvalue weighted by molar-refractivity contribution is 6.00. The second-order valence-electron chi connectivity index (χ2n) is 5.22. The number of halogens is 1. The Morgan fingerprint density at radius 2 is 2.06 bits per heavy atom. The first-order chi connectivity index (χ1) is 8.59. The minimum absolute atomic E-state index is 0.207. The summed E-state index contributed by atoms with van der Waals surface area (Å²) in [7, 11) is 1.94.